The van der Waals surface area contributed by atoms with Gasteiger partial charge in [0.05, 0.1) is 13.2 Å². The SMILES string of the molecule is CCC(CCN)CCC(=O)N1CCC(NC(=O)OC)C1. The van der Waals surface area contributed by atoms with Gasteiger partial charge in [-0.1, -0.05) is 13.3 Å². The first-order valence-corrected chi connectivity index (χ1v) is 7.43. The van der Waals surface area contributed by atoms with Gasteiger partial charge >= 0.3 is 6.09 Å². The fourth-order valence-electron chi connectivity index (χ4n) is 2.60. The number of nitrogens with zero attached hydrogens (tertiary/aromatic N) is 1. The Morgan fingerprint density at radius 3 is 2.80 bits per heavy atom. The van der Waals surface area contributed by atoms with Gasteiger partial charge in [-0.2, -0.15) is 0 Å². The lowest BCUT2D eigenvalue weighted by molar-refractivity contribution is -0.130. The van der Waals surface area contributed by atoms with Gasteiger partial charge < -0.3 is 20.7 Å². The first-order valence-electron chi connectivity index (χ1n) is 7.43. The molecule has 0 bridgehead atoms. The topological polar surface area (TPSA) is 84.7 Å². The molecule has 0 spiro atoms. The number of likely N-dealkylation sites (tertiary alicyclic amines) is 1. The number of hydrogen-bond acceptors (Lipinski definition) is 4. The number of carbonyl (C=O) groups is 2. The number of nitrogens with two attached hydrogens (primary N) is 1. The van der Waals surface area contributed by atoms with Crippen LogP contribution in [0.1, 0.15) is 39.0 Å². The van der Waals surface area contributed by atoms with Crippen molar-refractivity contribution in [2.24, 2.45) is 11.7 Å². The van der Waals surface area contributed by atoms with E-state index in [-0.39, 0.29) is 11.9 Å². The summed E-state index contributed by atoms with van der Waals surface area (Å²) in [6.45, 7) is 4.11. The largest absolute Gasteiger partial charge is 0.453 e. The molecule has 1 aliphatic heterocycles. The Morgan fingerprint density at radius 2 is 2.20 bits per heavy atom. The van der Waals surface area contributed by atoms with Crippen LogP contribution >= 0.6 is 0 Å². The van der Waals surface area contributed by atoms with Gasteiger partial charge in [-0.05, 0) is 31.7 Å². The molecule has 6 nitrogen and oxygen atoms in total. The number of carbonyl (C=O) groups excluding carboxylic acids is 2. The molecular weight excluding hydrogens is 258 g/mol. The van der Waals surface area contributed by atoms with Crippen molar-refractivity contribution in [3.63, 3.8) is 0 Å². The van der Waals surface area contributed by atoms with E-state index in [0.29, 0.717) is 32.0 Å². The molecule has 3 N–H and O–H groups in total. The Labute approximate surface area is 121 Å². The van der Waals surface area contributed by atoms with Crippen molar-refractivity contribution in [1.82, 2.24) is 10.2 Å². The summed E-state index contributed by atoms with van der Waals surface area (Å²) in [6.07, 6.45) is 3.88. The lowest BCUT2D eigenvalue weighted by Crippen LogP contribution is -2.38. The van der Waals surface area contributed by atoms with Crippen molar-refractivity contribution in [3.05, 3.63) is 0 Å². The van der Waals surface area contributed by atoms with Gasteiger partial charge in [0.2, 0.25) is 5.91 Å². The second-order valence-electron chi connectivity index (χ2n) is 5.35. The normalized spacial score (nSPS) is 19.8. The molecule has 2 unspecified atom stereocenters. The van der Waals surface area contributed by atoms with E-state index >= 15 is 0 Å². The van der Waals surface area contributed by atoms with Crippen LogP contribution in [0.4, 0.5) is 4.79 Å². The summed E-state index contributed by atoms with van der Waals surface area (Å²) in [7, 11) is 1.34. The Balaban J connectivity index is 2.29. The van der Waals surface area contributed by atoms with E-state index in [1.165, 1.54) is 7.11 Å². The number of hydrogen-bond donors (Lipinski definition) is 2. The van der Waals surface area contributed by atoms with Crippen molar-refractivity contribution in [2.45, 2.75) is 45.1 Å². The Hall–Kier alpha value is -1.30. The molecule has 1 fully saturated rings. The Bertz CT molecular complexity index is 323. The van der Waals surface area contributed by atoms with Gasteiger partial charge in [-0.3, -0.25) is 4.79 Å². The minimum absolute atomic E-state index is 0.0115. The van der Waals surface area contributed by atoms with Crippen molar-refractivity contribution in [2.75, 3.05) is 26.7 Å². The summed E-state index contributed by atoms with van der Waals surface area (Å²) in [5.74, 6) is 0.713. The smallest absolute Gasteiger partial charge is 0.407 e. The van der Waals surface area contributed by atoms with Gasteiger partial charge in [0.15, 0.2) is 0 Å². The highest BCUT2D eigenvalue weighted by Crippen LogP contribution is 2.17. The van der Waals surface area contributed by atoms with E-state index in [1.54, 1.807) is 0 Å². The lowest BCUT2D eigenvalue weighted by atomic mass is 9.96. The van der Waals surface area contributed by atoms with E-state index < -0.39 is 6.09 Å². The monoisotopic (exact) mass is 285 g/mol. The zero-order valence-corrected chi connectivity index (χ0v) is 12.6. The zero-order valence-electron chi connectivity index (χ0n) is 12.6. The number of alkyl carbamates (subject to hydrolysis) is 1. The van der Waals surface area contributed by atoms with Crippen molar-refractivity contribution in [1.29, 1.82) is 0 Å². The predicted molar refractivity (Wildman–Crippen MR) is 77.2 cm³/mol. The Kier molecular flexibility index (Phi) is 7.36. The molecule has 2 atom stereocenters. The van der Waals surface area contributed by atoms with Crippen LogP contribution in [0, 0.1) is 5.92 Å². The molecule has 1 aliphatic rings. The number of ether oxygens (including phenoxy) is 1. The van der Waals surface area contributed by atoms with E-state index in [0.717, 1.165) is 25.7 Å². The van der Waals surface area contributed by atoms with Crippen molar-refractivity contribution < 1.29 is 14.3 Å². The summed E-state index contributed by atoms with van der Waals surface area (Å²) in [6, 6.07) is 0.0115. The van der Waals surface area contributed by atoms with Crippen molar-refractivity contribution in [3.8, 4) is 0 Å². The molecule has 0 aromatic rings. The average molecular weight is 285 g/mol. The molecule has 1 rings (SSSR count). The van der Waals surface area contributed by atoms with Crippen LogP contribution in [-0.2, 0) is 9.53 Å². The average Bonchev–Trinajstić information content (AvgIpc) is 2.91. The van der Waals surface area contributed by atoms with Crippen LogP contribution in [0.25, 0.3) is 0 Å². The van der Waals surface area contributed by atoms with Crippen LogP contribution in [-0.4, -0.2) is 49.7 Å². The van der Waals surface area contributed by atoms with Crippen LogP contribution in [0.3, 0.4) is 0 Å². The van der Waals surface area contributed by atoms with Crippen LogP contribution in [0.15, 0.2) is 0 Å². The zero-order chi connectivity index (χ0) is 15.0. The number of methoxy groups -OCH3 is 1. The third-order valence-electron chi connectivity index (χ3n) is 3.97. The maximum Gasteiger partial charge on any atom is 0.407 e. The fraction of sp³-hybridized carbons (Fsp3) is 0.857. The Morgan fingerprint density at radius 1 is 1.45 bits per heavy atom. The van der Waals surface area contributed by atoms with Gasteiger partial charge in [-0.25, -0.2) is 4.79 Å². The highest BCUT2D eigenvalue weighted by molar-refractivity contribution is 5.76. The van der Waals surface area contributed by atoms with Crippen LogP contribution in [0.2, 0.25) is 0 Å². The first-order chi connectivity index (χ1) is 9.60. The first kappa shape index (κ1) is 16.8. The third kappa shape index (κ3) is 5.36. The van der Waals surface area contributed by atoms with Gasteiger partial charge in [0.1, 0.15) is 0 Å². The van der Waals surface area contributed by atoms with Crippen LogP contribution < -0.4 is 11.1 Å². The van der Waals surface area contributed by atoms with E-state index in [2.05, 4.69) is 17.0 Å². The highest BCUT2D eigenvalue weighted by atomic mass is 16.5. The number of nitrogens with one attached hydrogen (secondary N) is 1. The quantitative estimate of drug-likeness (QED) is 0.733. The maximum atomic E-state index is 12.1. The molecule has 2 amide bonds. The molecule has 0 aromatic carbocycles. The standard InChI is InChI=1S/C14H27N3O3/c1-3-11(6-8-15)4-5-13(18)17-9-7-12(10-17)16-14(19)20-2/h11-12H,3-10,15H2,1-2H3,(H,16,19). The molecule has 0 radical (unpaired) electrons. The van der Waals surface area contributed by atoms with E-state index in [1.807, 2.05) is 4.90 Å². The van der Waals surface area contributed by atoms with E-state index in [4.69, 9.17) is 5.73 Å². The molecule has 116 valence electrons. The van der Waals surface area contributed by atoms with E-state index in [9.17, 15) is 9.59 Å². The van der Waals surface area contributed by atoms with Gasteiger partial charge in [0.25, 0.3) is 0 Å². The number of rotatable bonds is 7. The molecule has 20 heavy (non-hydrogen) atoms. The summed E-state index contributed by atoms with van der Waals surface area (Å²) in [4.78, 5) is 25.1. The highest BCUT2D eigenvalue weighted by Gasteiger charge is 2.27. The molecule has 1 heterocycles. The predicted octanol–water partition coefficient (Wildman–Crippen LogP) is 1.10. The number of amides is 2. The fourth-order valence-corrected chi connectivity index (χ4v) is 2.60. The molecule has 0 aromatic heterocycles. The van der Waals surface area contributed by atoms with Gasteiger partial charge in [0, 0.05) is 19.5 Å². The minimum atomic E-state index is -0.432. The summed E-state index contributed by atoms with van der Waals surface area (Å²) >= 11 is 0. The van der Waals surface area contributed by atoms with Gasteiger partial charge in [-0.15, -0.1) is 0 Å². The minimum Gasteiger partial charge on any atom is -0.453 e. The molecule has 6 heteroatoms. The molecule has 0 aliphatic carbocycles. The second kappa shape index (κ2) is 8.79. The summed E-state index contributed by atoms with van der Waals surface area (Å²) in [5.41, 5.74) is 5.56. The summed E-state index contributed by atoms with van der Waals surface area (Å²) < 4.78 is 4.56. The summed E-state index contributed by atoms with van der Waals surface area (Å²) in [5, 5.41) is 2.74. The molecule has 0 saturated carbocycles. The maximum absolute atomic E-state index is 12.1. The molecule has 1 saturated heterocycles. The third-order valence-corrected chi connectivity index (χ3v) is 3.97. The molecular formula is C14H27N3O3. The second-order valence-corrected chi connectivity index (χ2v) is 5.35. The van der Waals surface area contributed by atoms with Crippen molar-refractivity contribution >= 4 is 12.0 Å². The lowest BCUT2D eigenvalue weighted by Gasteiger charge is -2.19. The van der Waals surface area contributed by atoms with Crippen LogP contribution in [0.5, 0.6) is 0 Å².